The van der Waals surface area contributed by atoms with Gasteiger partial charge in [0.1, 0.15) is 0 Å². The molecule has 68 valence electrons. The van der Waals surface area contributed by atoms with Crippen LogP contribution in [0.5, 0.6) is 0 Å². The van der Waals surface area contributed by atoms with Gasteiger partial charge in [0.2, 0.25) is 6.54 Å². The van der Waals surface area contributed by atoms with E-state index in [0.29, 0.717) is 0 Å². The molecule has 0 spiro atoms. The number of rotatable bonds is 3. The first-order chi connectivity index (χ1) is 6.09. The summed E-state index contributed by atoms with van der Waals surface area (Å²) in [6.07, 6.45) is 2.84. The Morgan fingerprint density at radius 3 is 2.77 bits per heavy atom. The van der Waals surface area contributed by atoms with Crippen LogP contribution in [0, 0.1) is 0 Å². The number of hydrogen-bond donors (Lipinski definition) is 1. The predicted molar refractivity (Wildman–Crippen MR) is 40.2 cm³/mol. The molecule has 0 atom stereocenters. The van der Waals surface area contributed by atoms with Crippen molar-refractivity contribution in [3.05, 3.63) is 30.1 Å². The summed E-state index contributed by atoms with van der Waals surface area (Å²) in [5.74, 6) is -1.81. The first kappa shape index (κ1) is 9.18. The van der Waals surface area contributed by atoms with Crippen LogP contribution >= 0.6 is 0 Å². The maximum atomic E-state index is 10.5. The second-order valence-corrected chi connectivity index (χ2v) is 2.52. The van der Waals surface area contributed by atoms with Gasteiger partial charge in [0, 0.05) is 6.07 Å². The predicted octanol–water partition coefficient (Wildman–Crippen LogP) is -2.18. The van der Waals surface area contributed by atoms with E-state index < -0.39 is 11.9 Å². The highest BCUT2D eigenvalue weighted by molar-refractivity contribution is 5.84. The van der Waals surface area contributed by atoms with Gasteiger partial charge in [-0.3, -0.25) is 4.79 Å². The molecular weight excluding hydrogens is 172 g/mol. The van der Waals surface area contributed by atoms with Gasteiger partial charge in [0.25, 0.3) is 5.91 Å². The van der Waals surface area contributed by atoms with Crippen LogP contribution in [0.15, 0.2) is 24.5 Å². The van der Waals surface area contributed by atoms with Gasteiger partial charge < -0.3 is 15.6 Å². The third kappa shape index (κ3) is 2.55. The molecule has 13 heavy (non-hydrogen) atoms. The lowest BCUT2D eigenvalue weighted by Crippen LogP contribution is -2.41. The van der Waals surface area contributed by atoms with Gasteiger partial charge in [-0.2, -0.15) is 4.57 Å². The molecule has 0 aliphatic heterocycles. The quantitative estimate of drug-likeness (QED) is 0.536. The number of pyridine rings is 1. The molecule has 1 rings (SSSR count). The Morgan fingerprint density at radius 1 is 1.54 bits per heavy atom. The van der Waals surface area contributed by atoms with E-state index in [-0.39, 0.29) is 12.1 Å². The van der Waals surface area contributed by atoms with Gasteiger partial charge in [-0.25, -0.2) is 0 Å². The highest BCUT2D eigenvalue weighted by atomic mass is 16.4. The van der Waals surface area contributed by atoms with E-state index in [4.69, 9.17) is 5.73 Å². The minimum Gasteiger partial charge on any atom is -0.545 e. The molecule has 1 amide bonds. The van der Waals surface area contributed by atoms with E-state index in [0.717, 1.165) is 0 Å². The second-order valence-electron chi connectivity index (χ2n) is 2.52. The molecule has 0 fully saturated rings. The third-order valence-corrected chi connectivity index (χ3v) is 1.43. The molecular formula is C8H8N2O3. The number of aromatic carboxylic acids is 1. The molecule has 0 aromatic carbocycles. The number of carboxylic acid groups (broad SMARTS) is 1. The second kappa shape index (κ2) is 3.66. The summed E-state index contributed by atoms with van der Waals surface area (Å²) in [7, 11) is 0. The zero-order valence-corrected chi connectivity index (χ0v) is 6.77. The Morgan fingerprint density at radius 2 is 2.23 bits per heavy atom. The topological polar surface area (TPSA) is 87.1 Å². The lowest BCUT2D eigenvalue weighted by Gasteiger charge is -1.99. The van der Waals surface area contributed by atoms with Crippen molar-refractivity contribution in [1.82, 2.24) is 0 Å². The van der Waals surface area contributed by atoms with Crippen LogP contribution in [-0.4, -0.2) is 11.9 Å². The smallest absolute Gasteiger partial charge is 0.283 e. The number of carboxylic acids is 1. The summed E-state index contributed by atoms with van der Waals surface area (Å²) < 4.78 is 1.38. The van der Waals surface area contributed by atoms with E-state index in [1.807, 2.05) is 0 Å². The fraction of sp³-hybridized carbons (Fsp3) is 0.125. The van der Waals surface area contributed by atoms with Crippen molar-refractivity contribution in [3.8, 4) is 0 Å². The van der Waals surface area contributed by atoms with Crippen LogP contribution in [0.2, 0.25) is 0 Å². The van der Waals surface area contributed by atoms with Crippen LogP contribution in [0.1, 0.15) is 10.4 Å². The normalized spacial score (nSPS) is 9.54. The Kier molecular flexibility index (Phi) is 2.59. The average molecular weight is 180 g/mol. The van der Waals surface area contributed by atoms with Crippen LogP contribution in [-0.2, 0) is 11.3 Å². The first-order valence-corrected chi connectivity index (χ1v) is 3.58. The van der Waals surface area contributed by atoms with Gasteiger partial charge in [-0.05, 0) is 6.07 Å². The number of nitrogens with two attached hydrogens (primary N) is 1. The number of aromatic nitrogens is 1. The Bertz CT molecular complexity index is 349. The molecule has 1 aromatic heterocycles. The molecule has 1 heterocycles. The average Bonchev–Trinajstić information content (AvgIpc) is 2.03. The van der Waals surface area contributed by atoms with Gasteiger partial charge in [-0.15, -0.1) is 0 Å². The van der Waals surface area contributed by atoms with Crippen molar-refractivity contribution in [2.45, 2.75) is 6.54 Å². The van der Waals surface area contributed by atoms with Crippen LogP contribution in [0.3, 0.4) is 0 Å². The molecule has 2 N–H and O–H groups in total. The van der Waals surface area contributed by atoms with Crippen LogP contribution < -0.4 is 15.4 Å². The Balaban J connectivity index is 2.91. The largest absolute Gasteiger partial charge is 0.545 e. The van der Waals surface area contributed by atoms with E-state index in [1.54, 1.807) is 6.20 Å². The fourth-order valence-electron chi connectivity index (χ4n) is 0.921. The number of primary amides is 1. The summed E-state index contributed by atoms with van der Waals surface area (Å²) in [6.45, 7) is -0.0406. The maximum Gasteiger partial charge on any atom is 0.283 e. The number of amides is 1. The molecule has 5 heteroatoms. The van der Waals surface area contributed by atoms with E-state index >= 15 is 0 Å². The van der Waals surface area contributed by atoms with Crippen molar-refractivity contribution in [3.63, 3.8) is 0 Å². The lowest BCUT2D eigenvalue weighted by molar-refractivity contribution is -0.684. The molecule has 5 nitrogen and oxygen atoms in total. The molecule has 1 aromatic rings. The minimum absolute atomic E-state index is 0.0174. The highest BCUT2D eigenvalue weighted by Gasteiger charge is 2.05. The van der Waals surface area contributed by atoms with Crippen LogP contribution in [0.25, 0.3) is 0 Å². The standard InChI is InChI=1S/C8H8N2O3/c9-7(11)5-10-3-1-2-6(4-10)8(12)13/h1-4H,5H2,(H2-,9,11,12,13). The fourth-order valence-corrected chi connectivity index (χ4v) is 0.921. The summed E-state index contributed by atoms with van der Waals surface area (Å²) in [4.78, 5) is 20.9. The molecule has 0 saturated heterocycles. The van der Waals surface area contributed by atoms with Crippen molar-refractivity contribution in [1.29, 1.82) is 0 Å². The van der Waals surface area contributed by atoms with Crippen molar-refractivity contribution in [2.24, 2.45) is 5.73 Å². The first-order valence-electron chi connectivity index (χ1n) is 3.58. The highest BCUT2D eigenvalue weighted by Crippen LogP contribution is 1.90. The number of carbonyl (C=O) groups excluding carboxylic acids is 2. The van der Waals surface area contributed by atoms with Crippen molar-refractivity contribution >= 4 is 11.9 Å². The number of nitrogens with zero attached hydrogens (tertiary/aromatic N) is 1. The van der Waals surface area contributed by atoms with Gasteiger partial charge in [0.15, 0.2) is 12.4 Å². The number of hydrogen-bond acceptors (Lipinski definition) is 3. The summed E-state index contributed by atoms with van der Waals surface area (Å²) in [5.41, 5.74) is 4.95. The Hall–Kier alpha value is -1.91. The van der Waals surface area contributed by atoms with E-state index in [9.17, 15) is 14.7 Å². The van der Waals surface area contributed by atoms with Gasteiger partial charge >= 0.3 is 0 Å². The SMILES string of the molecule is NC(=O)C[n+]1cccc(C(=O)[O-])c1. The van der Waals surface area contributed by atoms with Crippen LogP contribution in [0.4, 0.5) is 0 Å². The maximum absolute atomic E-state index is 10.5. The van der Waals surface area contributed by atoms with E-state index in [2.05, 4.69) is 0 Å². The van der Waals surface area contributed by atoms with Crippen molar-refractivity contribution in [2.75, 3.05) is 0 Å². The molecule has 0 unspecified atom stereocenters. The lowest BCUT2D eigenvalue weighted by atomic mass is 10.3. The van der Waals surface area contributed by atoms with Crippen molar-refractivity contribution < 1.29 is 19.3 Å². The molecule has 0 saturated carbocycles. The van der Waals surface area contributed by atoms with Gasteiger partial charge in [0.05, 0.1) is 11.5 Å². The third-order valence-electron chi connectivity index (χ3n) is 1.43. The summed E-state index contributed by atoms with van der Waals surface area (Å²) >= 11 is 0. The molecule has 0 aliphatic carbocycles. The minimum atomic E-state index is -1.28. The zero-order chi connectivity index (χ0) is 9.84. The monoisotopic (exact) mass is 180 g/mol. The van der Waals surface area contributed by atoms with E-state index in [1.165, 1.54) is 22.9 Å². The van der Waals surface area contributed by atoms with Gasteiger partial charge in [-0.1, -0.05) is 0 Å². The molecule has 0 radical (unpaired) electrons. The molecule has 0 aliphatic rings. The Labute approximate surface area is 74.4 Å². The summed E-state index contributed by atoms with van der Waals surface area (Å²) in [6, 6.07) is 2.89. The summed E-state index contributed by atoms with van der Waals surface area (Å²) in [5, 5.41) is 10.4. The zero-order valence-electron chi connectivity index (χ0n) is 6.77. The number of carbonyl (C=O) groups is 2. The molecule has 0 bridgehead atoms.